The molecule has 14 heavy (non-hydrogen) atoms. The topological polar surface area (TPSA) is 34.1 Å². The predicted molar refractivity (Wildman–Crippen MR) is 58.2 cm³/mol. The van der Waals surface area contributed by atoms with E-state index in [-0.39, 0.29) is 0 Å². The highest BCUT2D eigenvalue weighted by atomic mass is 16.1. The van der Waals surface area contributed by atoms with E-state index in [0.717, 1.165) is 0 Å². The molecule has 0 aliphatic rings. The molecule has 2 unspecified atom stereocenters. The SMILES string of the molecule is CCC(=O)CC(C)C(C)CC(=O)CC. The smallest absolute Gasteiger partial charge is 0.132 e. The van der Waals surface area contributed by atoms with E-state index in [1.54, 1.807) is 0 Å². The fraction of sp³-hybridized carbons (Fsp3) is 0.833. The van der Waals surface area contributed by atoms with Crippen LogP contribution in [0.25, 0.3) is 0 Å². The quantitative estimate of drug-likeness (QED) is 0.630. The minimum Gasteiger partial charge on any atom is -0.300 e. The van der Waals surface area contributed by atoms with Gasteiger partial charge in [0.15, 0.2) is 0 Å². The van der Waals surface area contributed by atoms with Crippen LogP contribution in [0.4, 0.5) is 0 Å². The number of Topliss-reactive ketones (excluding diaryl/α,β-unsaturated/α-hetero) is 2. The van der Waals surface area contributed by atoms with Crippen LogP contribution in [0, 0.1) is 11.8 Å². The first kappa shape index (κ1) is 13.3. The van der Waals surface area contributed by atoms with Crippen molar-refractivity contribution in [2.45, 2.75) is 53.4 Å². The summed E-state index contributed by atoms with van der Waals surface area (Å²) in [5, 5.41) is 0. The van der Waals surface area contributed by atoms with E-state index in [1.807, 2.05) is 13.8 Å². The Hall–Kier alpha value is -0.660. The predicted octanol–water partition coefficient (Wildman–Crippen LogP) is 3.00. The summed E-state index contributed by atoms with van der Waals surface area (Å²) in [6.07, 6.45) is 2.46. The van der Waals surface area contributed by atoms with Crippen molar-refractivity contribution in [1.82, 2.24) is 0 Å². The molecule has 0 bridgehead atoms. The second-order valence-electron chi connectivity index (χ2n) is 4.15. The van der Waals surface area contributed by atoms with Crippen LogP contribution in [0.15, 0.2) is 0 Å². The molecule has 2 heteroatoms. The van der Waals surface area contributed by atoms with Gasteiger partial charge in [0, 0.05) is 25.7 Å². The van der Waals surface area contributed by atoms with Gasteiger partial charge in [-0.2, -0.15) is 0 Å². The van der Waals surface area contributed by atoms with Gasteiger partial charge in [0.25, 0.3) is 0 Å². The summed E-state index contributed by atoms with van der Waals surface area (Å²) in [6.45, 7) is 7.89. The van der Waals surface area contributed by atoms with Crippen molar-refractivity contribution < 1.29 is 9.59 Å². The first-order valence-corrected chi connectivity index (χ1v) is 5.54. The molecule has 0 aromatic rings. The molecular formula is C12H22O2. The van der Waals surface area contributed by atoms with Crippen LogP contribution in [0.2, 0.25) is 0 Å². The summed E-state index contributed by atoms with van der Waals surface area (Å²) in [5.74, 6) is 1.26. The Kier molecular flexibility index (Phi) is 6.43. The van der Waals surface area contributed by atoms with Gasteiger partial charge >= 0.3 is 0 Å². The van der Waals surface area contributed by atoms with E-state index in [9.17, 15) is 9.59 Å². The van der Waals surface area contributed by atoms with E-state index < -0.39 is 0 Å². The largest absolute Gasteiger partial charge is 0.300 e. The van der Waals surface area contributed by atoms with E-state index in [1.165, 1.54) is 0 Å². The fourth-order valence-electron chi connectivity index (χ4n) is 1.41. The number of hydrogen-bond acceptors (Lipinski definition) is 2. The third kappa shape index (κ3) is 5.15. The molecule has 2 nitrogen and oxygen atoms in total. The summed E-state index contributed by atoms with van der Waals surface area (Å²) in [4.78, 5) is 22.4. The maximum atomic E-state index is 11.2. The Morgan fingerprint density at radius 3 is 1.36 bits per heavy atom. The van der Waals surface area contributed by atoms with Crippen molar-refractivity contribution in [2.24, 2.45) is 11.8 Å². The van der Waals surface area contributed by atoms with Crippen LogP contribution >= 0.6 is 0 Å². The van der Waals surface area contributed by atoms with Crippen LogP contribution in [0.5, 0.6) is 0 Å². The number of carbonyl (C=O) groups excluding carboxylic acids is 2. The standard InChI is InChI=1S/C12H22O2/c1-5-11(13)7-9(3)10(4)8-12(14)6-2/h9-10H,5-8H2,1-4H3. The molecule has 0 N–H and O–H groups in total. The molecule has 0 saturated heterocycles. The second kappa shape index (κ2) is 6.74. The summed E-state index contributed by atoms with van der Waals surface area (Å²) in [5.41, 5.74) is 0. The average Bonchev–Trinajstić information content (AvgIpc) is 2.17. The Balaban J connectivity index is 3.92. The van der Waals surface area contributed by atoms with E-state index in [0.29, 0.717) is 49.1 Å². The molecule has 0 saturated carbocycles. The monoisotopic (exact) mass is 198 g/mol. The summed E-state index contributed by atoms with van der Waals surface area (Å²) >= 11 is 0. The lowest BCUT2D eigenvalue weighted by Crippen LogP contribution is -2.16. The lowest BCUT2D eigenvalue weighted by molar-refractivity contribution is -0.122. The van der Waals surface area contributed by atoms with Crippen molar-refractivity contribution >= 4 is 11.6 Å². The Labute approximate surface area is 87.1 Å². The summed E-state index contributed by atoms with van der Waals surface area (Å²) in [7, 11) is 0. The van der Waals surface area contributed by atoms with Gasteiger partial charge in [0.1, 0.15) is 11.6 Å². The third-order valence-corrected chi connectivity index (χ3v) is 2.86. The van der Waals surface area contributed by atoms with Crippen LogP contribution in [0.1, 0.15) is 53.4 Å². The number of rotatable bonds is 7. The van der Waals surface area contributed by atoms with Crippen LogP contribution < -0.4 is 0 Å². The number of carbonyl (C=O) groups is 2. The zero-order valence-electron chi connectivity index (χ0n) is 9.80. The Morgan fingerprint density at radius 2 is 1.14 bits per heavy atom. The fourth-order valence-corrected chi connectivity index (χ4v) is 1.41. The summed E-state index contributed by atoms with van der Waals surface area (Å²) < 4.78 is 0. The van der Waals surface area contributed by atoms with E-state index >= 15 is 0 Å². The molecule has 0 radical (unpaired) electrons. The lowest BCUT2D eigenvalue weighted by Gasteiger charge is -2.17. The molecule has 0 aromatic carbocycles. The van der Waals surface area contributed by atoms with Crippen LogP contribution in [-0.2, 0) is 9.59 Å². The molecule has 0 aromatic heterocycles. The maximum Gasteiger partial charge on any atom is 0.132 e. The van der Waals surface area contributed by atoms with E-state index in [2.05, 4.69) is 13.8 Å². The Bertz CT molecular complexity index is 174. The van der Waals surface area contributed by atoms with Crippen LogP contribution in [0.3, 0.4) is 0 Å². The summed E-state index contributed by atoms with van der Waals surface area (Å²) in [6, 6.07) is 0. The zero-order valence-corrected chi connectivity index (χ0v) is 9.80. The van der Waals surface area contributed by atoms with Gasteiger partial charge in [-0.15, -0.1) is 0 Å². The molecule has 0 aliphatic carbocycles. The van der Waals surface area contributed by atoms with Gasteiger partial charge in [-0.1, -0.05) is 27.7 Å². The van der Waals surface area contributed by atoms with E-state index in [4.69, 9.17) is 0 Å². The van der Waals surface area contributed by atoms with Gasteiger partial charge in [-0.05, 0) is 11.8 Å². The molecule has 0 fully saturated rings. The minimum atomic E-state index is 0.299. The first-order valence-electron chi connectivity index (χ1n) is 5.54. The van der Waals surface area contributed by atoms with Crippen molar-refractivity contribution in [1.29, 1.82) is 0 Å². The van der Waals surface area contributed by atoms with Gasteiger partial charge in [0.2, 0.25) is 0 Å². The van der Waals surface area contributed by atoms with Crippen molar-refractivity contribution in [2.75, 3.05) is 0 Å². The molecule has 0 aliphatic heterocycles. The maximum absolute atomic E-state index is 11.2. The molecule has 82 valence electrons. The Morgan fingerprint density at radius 1 is 0.857 bits per heavy atom. The van der Waals surface area contributed by atoms with Crippen molar-refractivity contribution in [3.8, 4) is 0 Å². The number of ketones is 2. The minimum absolute atomic E-state index is 0.299. The third-order valence-electron chi connectivity index (χ3n) is 2.86. The van der Waals surface area contributed by atoms with Crippen molar-refractivity contribution in [3.63, 3.8) is 0 Å². The van der Waals surface area contributed by atoms with Crippen LogP contribution in [-0.4, -0.2) is 11.6 Å². The van der Waals surface area contributed by atoms with Gasteiger partial charge < -0.3 is 0 Å². The highest BCUT2D eigenvalue weighted by Gasteiger charge is 2.17. The molecule has 0 amide bonds. The van der Waals surface area contributed by atoms with Crippen molar-refractivity contribution in [3.05, 3.63) is 0 Å². The molecule has 2 atom stereocenters. The van der Waals surface area contributed by atoms with Gasteiger partial charge in [0.05, 0.1) is 0 Å². The molecule has 0 rings (SSSR count). The highest BCUT2D eigenvalue weighted by Crippen LogP contribution is 2.20. The lowest BCUT2D eigenvalue weighted by atomic mass is 9.86. The number of hydrogen-bond donors (Lipinski definition) is 0. The first-order chi connectivity index (χ1) is 6.51. The molecule has 0 spiro atoms. The molecule has 0 heterocycles. The highest BCUT2D eigenvalue weighted by molar-refractivity contribution is 5.79. The average molecular weight is 198 g/mol. The normalized spacial score (nSPS) is 14.9. The molecular weight excluding hydrogens is 176 g/mol. The second-order valence-corrected chi connectivity index (χ2v) is 4.15. The zero-order chi connectivity index (χ0) is 11.1. The van der Waals surface area contributed by atoms with Gasteiger partial charge in [-0.3, -0.25) is 9.59 Å². The van der Waals surface area contributed by atoms with Gasteiger partial charge in [-0.25, -0.2) is 0 Å².